The maximum absolute atomic E-state index is 11.5. The number of nitrogens with two attached hydrogens (primary N) is 2. The molecule has 2 saturated heterocycles. The number of likely N-dealkylation sites (tertiary alicyclic amines) is 1. The Bertz CT molecular complexity index is 3980. The Morgan fingerprint density at radius 2 is 0.941 bits per heavy atom. The second kappa shape index (κ2) is 54.9. The third kappa shape index (κ3) is 56.1. The molecule has 4 aliphatic heterocycles. The van der Waals surface area contributed by atoms with Gasteiger partial charge >= 0.3 is 66.2 Å². The molecule has 5 aromatic rings. The molecule has 660 valence electrons. The minimum Gasteiger partial charge on any atom is -0.870 e. The average molecular weight is 1700 g/mol. The van der Waals surface area contributed by atoms with Crippen molar-refractivity contribution < 1.29 is 121 Å². The molecular formula is C84H134N14NaO19P. The minimum atomic E-state index is -2.28. The number of Topliss-reactive ketones (excluding diaryl/α,β-unsaturated/α-hetero) is 1. The van der Waals surface area contributed by atoms with Gasteiger partial charge in [-0.2, -0.15) is 0 Å². The Hall–Kier alpha value is -9.14. The van der Waals surface area contributed by atoms with E-state index in [9.17, 15) is 52.5 Å². The number of anilines is 3. The topological polar surface area (TPSA) is 474 Å². The fourth-order valence-corrected chi connectivity index (χ4v) is 11.1. The van der Waals surface area contributed by atoms with Crippen LogP contribution in [0.15, 0.2) is 73.1 Å². The maximum Gasteiger partial charge on any atom is 1.00 e. The van der Waals surface area contributed by atoms with E-state index in [1.165, 1.54) is 28.9 Å². The predicted molar refractivity (Wildman–Crippen MR) is 456 cm³/mol. The number of ketones is 1. The van der Waals surface area contributed by atoms with Gasteiger partial charge in [-0.25, -0.2) is 58.6 Å². The van der Waals surface area contributed by atoms with Gasteiger partial charge in [-0.1, -0.05) is 12.1 Å². The number of fused-ring (bicyclic) bond motifs is 3. The molecular weight excluding hydrogens is 1560 g/mol. The van der Waals surface area contributed by atoms with Crippen molar-refractivity contribution in [1.29, 1.82) is 0 Å². The van der Waals surface area contributed by atoms with Crippen LogP contribution in [0.25, 0.3) is 11.0 Å². The summed E-state index contributed by atoms with van der Waals surface area (Å²) in [6.07, 6.45) is 14.1. The number of amides is 6. The Balaban J connectivity index is 0.00000136. The number of carbonyl (C=O) groups excluding carboxylic acids is 10. The molecule has 9 rings (SSSR count). The van der Waals surface area contributed by atoms with Gasteiger partial charge in [-0.3, -0.25) is 19.2 Å². The normalized spacial score (nSPS) is 13.2. The van der Waals surface area contributed by atoms with E-state index in [2.05, 4.69) is 85.8 Å². The summed E-state index contributed by atoms with van der Waals surface area (Å²) in [6.45, 7) is 40.8. The SMILES string of the molecule is CC(C)(C)OC(=O)N1CCCC1=O.CC(C)(C)OC(=O)NCCCC(=O)CP(C)(C)=O.CC(C)(C)OC(=O)NCCCc1ccc2c(n1)NCCC2.CC(C)(C)OC(=O)NCCCc1ccc2cccnc2n1.CC(C)(C)OC(=O)OC(=O)OC(C)(C)C.NCCCc1ccc2c(n1)NCCC2.Nc1ncccc1C=O.O=C1CCCN1.[Na+].[OH-]. The van der Waals surface area contributed by atoms with Crippen molar-refractivity contribution in [3.63, 3.8) is 0 Å². The van der Waals surface area contributed by atoms with E-state index < -0.39 is 65.2 Å². The first-order chi connectivity index (χ1) is 54.4. The standard InChI is InChI=1S/C16H25N3O2.C16H21N3O2.C12H24NO4P.C11H17N3.C10H18O5.C9H15NO3.C6H6N2O.C4H7NO.Na.H2O/c2*1-16(2,3)21-15(20)18-11-5-7-13-9-8-12-6-4-10-17-14(12)19-13;1-12(2,3)17-11(15)13-8-6-7-10(14)9-18(4,5)16;12-7-1-4-10-6-5-9-3-2-8-13-11(9)14-10;1-9(2,3)14-7(11)13-8(12)15-10(4,5)6;1-9(2,3)13-8(12)10-6-4-5-7(10)11;7-6-5(4-9)2-1-3-8-6;6-4-2-1-3-5-4;;/h8-9H,4-7,10-11H2,1-3H3,(H,17,19)(H,18,20);4,6,8-10H,5,7,11H2,1-3H3,(H,18,20);6-9H2,1-5H3,(H,13,15);5-6H,1-4,7-8,12H2,(H,13,14);1-6H3;4-6H2,1-3H3;1-4H,(H2,7,8);1-3H2,(H,5,6);;1H2/q;;;;;;;;+1;/p-1. The van der Waals surface area contributed by atoms with Crippen LogP contribution in [-0.2, 0) is 84.2 Å². The molecule has 0 saturated carbocycles. The molecule has 35 heteroatoms. The van der Waals surface area contributed by atoms with Crippen LogP contribution in [0, 0.1) is 0 Å². The molecule has 119 heavy (non-hydrogen) atoms. The largest absolute Gasteiger partial charge is 1.00 e. The van der Waals surface area contributed by atoms with Gasteiger partial charge in [-0.05, 0) is 288 Å². The Morgan fingerprint density at radius 3 is 1.33 bits per heavy atom. The monoisotopic (exact) mass is 1700 g/mol. The predicted octanol–water partition coefficient (Wildman–Crippen LogP) is 11.4. The molecule has 4 aliphatic rings. The molecule has 9 heterocycles. The number of imide groups is 1. The molecule has 0 atom stereocenters. The van der Waals surface area contributed by atoms with Crippen molar-refractivity contribution in [2.24, 2.45) is 5.73 Å². The zero-order valence-electron chi connectivity index (χ0n) is 74.3. The van der Waals surface area contributed by atoms with Gasteiger partial charge in [0.25, 0.3) is 0 Å². The minimum absolute atomic E-state index is 0. The number of nitrogen functional groups attached to an aromatic ring is 1. The fraction of sp³-hybridized carbons (Fsp3) is 0.607. The molecule has 6 amide bonds. The average Bonchev–Trinajstić information content (AvgIpc) is 1.81. The number of carbonyl (C=O) groups is 10. The third-order valence-corrected chi connectivity index (χ3v) is 16.1. The molecule has 2 fully saturated rings. The summed E-state index contributed by atoms with van der Waals surface area (Å²) in [5, 5.41) is 18.5. The smallest absolute Gasteiger partial charge is 0.870 e. The van der Waals surface area contributed by atoms with E-state index in [4.69, 9.17) is 39.9 Å². The van der Waals surface area contributed by atoms with E-state index in [-0.39, 0.29) is 76.8 Å². The van der Waals surface area contributed by atoms with Gasteiger partial charge in [0.05, 0.1) is 18.9 Å². The van der Waals surface area contributed by atoms with E-state index in [1.807, 2.05) is 65.8 Å². The van der Waals surface area contributed by atoms with E-state index in [1.54, 1.807) is 121 Å². The number of pyridine rings is 5. The van der Waals surface area contributed by atoms with Crippen LogP contribution in [0.5, 0.6) is 0 Å². The van der Waals surface area contributed by atoms with Crippen LogP contribution >= 0.6 is 7.14 Å². The zero-order chi connectivity index (χ0) is 88.2. The maximum atomic E-state index is 11.5. The number of ether oxygens (including phenoxy) is 7. The number of rotatable bonds is 18. The summed E-state index contributed by atoms with van der Waals surface area (Å²) in [7, 11) is -2.28. The van der Waals surface area contributed by atoms with Crippen molar-refractivity contribution in [2.75, 3.05) is 88.2 Å². The molecule has 0 spiro atoms. The quantitative estimate of drug-likeness (QED) is 0.00768. The molecule has 0 aliphatic carbocycles. The first-order valence-corrected chi connectivity index (χ1v) is 42.6. The van der Waals surface area contributed by atoms with Gasteiger partial charge in [-0.15, -0.1) is 0 Å². The van der Waals surface area contributed by atoms with Crippen molar-refractivity contribution in [3.8, 4) is 0 Å². The summed E-state index contributed by atoms with van der Waals surface area (Å²) in [5.41, 5.74) is 14.5. The zero-order valence-corrected chi connectivity index (χ0v) is 77.2. The Kier molecular flexibility index (Phi) is 50.7. The Morgan fingerprint density at radius 1 is 0.521 bits per heavy atom. The molecule has 5 aromatic heterocycles. The van der Waals surface area contributed by atoms with Gasteiger partial charge in [0.2, 0.25) is 11.8 Å². The second-order valence-electron chi connectivity index (χ2n) is 34.0. The number of nitrogens with zero attached hydrogens (tertiary/aromatic N) is 6. The van der Waals surface area contributed by atoms with Crippen molar-refractivity contribution in [2.45, 2.75) is 261 Å². The van der Waals surface area contributed by atoms with E-state index in [0.29, 0.717) is 57.3 Å². The molecule has 0 bridgehead atoms. The van der Waals surface area contributed by atoms with Gasteiger partial charge in [0.1, 0.15) is 56.8 Å². The van der Waals surface area contributed by atoms with Crippen LogP contribution in [0.3, 0.4) is 0 Å². The first-order valence-electron chi connectivity index (χ1n) is 39.8. The third-order valence-electron chi connectivity index (χ3n) is 15.0. The van der Waals surface area contributed by atoms with Crippen LogP contribution in [0.4, 0.5) is 46.2 Å². The second-order valence-corrected chi connectivity index (χ2v) is 37.5. The van der Waals surface area contributed by atoms with Crippen LogP contribution in [-0.4, -0.2) is 201 Å². The number of aromatic nitrogens is 5. The number of hydrogen-bond donors (Lipinski definition) is 8. The van der Waals surface area contributed by atoms with Crippen molar-refractivity contribution in [1.82, 2.24) is 51.1 Å². The van der Waals surface area contributed by atoms with Gasteiger partial charge in [0.15, 0.2) is 11.9 Å². The van der Waals surface area contributed by atoms with E-state index >= 15 is 0 Å². The summed E-state index contributed by atoms with van der Waals surface area (Å²) in [6, 6.07) is 19.8. The van der Waals surface area contributed by atoms with Crippen LogP contribution in [0.1, 0.15) is 234 Å². The van der Waals surface area contributed by atoms with Crippen LogP contribution < -0.4 is 72.9 Å². The molecule has 33 nitrogen and oxygen atoms in total. The van der Waals surface area contributed by atoms with Crippen molar-refractivity contribution >= 4 is 96.2 Å². The van der Waals surface area contributed by atoms with Gasteiger partial charge in [0, 0.05) is 99.9 Å². The summed E-state index contributed by atoms with van der Waals surface area (Å²) in [4.78, 5) is 133. The number of nitrogens with one attached hydrogen (secondary N) is 6. The molecule has 0 radical (unpaired) electrons. The van der Waals surface area contributed by atoms with E-state index in [0.717, 1.165) is 137 Å². The summed E-state index contributed by atoms with van der Waals surface area (Å²) >= 11 is 0. The van der Waals surface area contributed by atoms with Crippen molar-refractivity contribution in [3.05, 3.63) is 107 Å². The number of alkyl carbamates (subject to hydrolysis) is 3. The number of aryl methyl sites for hydroxylation is 5. The molecule has 0 unspecified atom stereocenters. The molecule has 11 N–H and O–H groups in total. The van der Waals surface area contributed by atoms with Crippen LogP contribution in [0.2, 0.25) is 0 Å². The summed E-state index contributed by atoms with van der Waals surface area (Å²) in [5.74, 6) is 2.45. The Labute approximate surface area is 725 Å². The number of hydrogen-bond acceptors (Lipinski definition) is 28. The number of aldehydes is 1. The first kappa shape index (κ1) is 110. The fourth-order valence-electron chi connectivity index (χ4n) is 10.1. The summed E-state index contributed by atoms with van der Waals surface area (Å²) < 4.78 is 45.7. The van der Waals surface area contributed by atoms with Gasteiger partial charge < -0.3 is 86.6 Å². The molecule has 0 aromatic carbocycles.